The van der Waals surface area contributed by atoms with Crippen LogP contribution in [0, 0.1) is 5.92 Å². The number of amides is 1. The van der Waals surface area contributed by atoms with E-state index in [2.05, 4.69) is 32.6 Å². The van der Waals surface area contributed by atoms with E-state index in [9.17, 15) is 4.79 Å². The van der Waals surface area contributed by atoms with Crippen molar-refractivity contribution in [1.82, 2.24) is 20.5 Å². The minimum Gasteiger partial charge on any atom is -0.419 e. The van der Waals surface area contributed by atoms with Gasteiger partial charge >= 0.3 is 0 Å². The molecular formula is C23H26N4O2. The Morgan fingerprint density at radius 1 is 1.00 bits per heavy atom. The molecule has 1 saturated carbocycles. The number of carbonyl (C=O) groups is 1. The normalized spacial score (nSPS) is 19.0. The number of rotatable bonds is 7. The number of hydrogen-bond acceptors (Lipinski definition) is 5. The third-order valence-corrected chi connectivity index (χ3v) is 5.59. The van der Waals surface area contributed by atoms with E-state index in [0.29, 0.717) is 35.7 Å². The Morgan fingerprint density at radius 2 is 1.79 bits per heavy atom. The van der Waals surface area contributed by atoms with Crippen molar-refractivity contribution in [1.29, 1.82) is 0 Å². The van der Waals surface area contributed by atoms with Crippen LogP contribution >= 0.6 is 0 Å². The molecule has 0 bridgehead atoms. The maximum absolute atomic E-state index is 12.1. The van der Waals surface area contributed by atoms with Crippen molar-refractivity contribution in [2.45, 2.75) is 44.4 Å². The lowest BCUT2D eigenvalue weighted by atomic mass is 9.82. The zero-order valence-corrected chi connectivity index (χ0v) is 16.5. The lowest BCUT2D eigenvalue weighted by Gasteiger charge is -2.26. The molecule has 2 heterocycles. The van der Waals surface area contributed by atoms with Gasteiger partial charge in [0.25, 0.3) is 5.89 Å². The van der Waals surface area contributed by atoms with E-state index in [1.807, 2.05) is 36.4 Å². The molecule has 1 fully saturated rings. The van der Waals surface area contributed by atoms with E-state index in [0.717, 1.165) is 38.6 Å². The first-order valence-corrected chi connectivity index (χ1v) is 10.3. The highest BCUT2D eigenvalue weighted by Gasteiger charge is 2.26. The van der Waals surface area contributed by atoms with Crippen LogP contribution in [0.5, 0.6) is 0 Å². The SMILES string of the molecule is O=C(CCc1ccccc1)NCC1CCC(c2nnc(-c3ccccn3)o2)CC1. The largest absolute Gasteiger partial charge is 0.419 e. The van der Waals surface area contributed by atoms with Crippen molar-refractivity contribution < 1.29 is 9.21 Å². The molecule has 1 amide bonds. The second-order valence-corrected chi connectivity index (χ2v) is 7.67. The zero-order chi connectivity index (χ0) is 19.9. The van der Waals surface area contributed by atoms with E-state index in [1.165, 1.54) is 5.56 Å². The van der Waals surface area contributed by atoms with Crippen LogP contribution in [0.15, 0.2) is 59.1 Å². The summed E-state index contributed by atoms with van der Waals surface area (Å²) in [6.45, 7) is 0.753. The number of aryl methyl sites for hydroxylation is 1. The van der Waals surface area contributed by atoms with Crippen LogP contribution in [0.25, 0.3) is 11.6 Å². The van der Waals surface area contributed by atoms with Crippen LogP contribution in [0.4, 0.5) is 0 Å². The van der Waals surface area contributed by atoms with Gasteiger partial charge in [0, 0.05) is 25.1 Å². The van der Waals surface area contributed by atoms with Crippen molar-refractivity contribution in [2.75, 3.05) is 6.54 Å². The van der Waals surface area contributed by atoms with Crippen LogP contribution in [0.3, 0.4) is 0 Å². The van der Waals surface area contributed by atoms with Gasteiger partial charge in [-0.05, 0) is 55.7 Å². The molecule has 6 nitrogen and oxygen atoms in total. The summed E-state index contributed by atoms with van der Waals surface area (Å²) < 4.78 is 5.86. The number of aromatic nitrogens is 3. The molecule has 1 N–H and O–H groups in total. The average Bonchev–Trinajstić information content (AvgIpc) is 3.28. The first kappa shape index (κ1) is 19.3. The Hall–Kier alpha value is -3.02. The first-order chi connectivity index (χ1) is 14.3. The van der Waals surface area contributed by atoms with Gasteiger partial charge in [-0.1, -0.05) is 36.4 Å². The summed E-state index contributed by atoms with van der Waals surface area (Å²) in [6.07, 6.45) is 7.18. The van der Waals surface area contributed by atoms with Crippen molar-refractivity contribution >= 4 is 5.91 Å². The third-order valence-electron chi connectivity index (χ3n) is 5.59. The second-order valence-electron chi connectivity index (χ2n) is 7.67. The minimum atomic E-state index is 0.132. The van der Waals surface area contributed by atoms with E-state index < -0.39 is 0 Å². The molecule has 0 radical (unpaired) electrons. The zero-order valence-electron chi connectivity index (χ0n) is 16.5. The lowest BCUT2D eigenvalue weighted by Crippen LogP contribution is -2.31. The lowest BCUT2D eigenvalue weighted by molar-refractivity contribution is -0.121. The standard InChI is InChI=1S/C23H26N4O2/c28-21(14-11-17-6-2-1-3-7-17)25-16-18-9-12-19(13-10-18)22-26-27-23(29-22)20-8-4-5-15-24-20/h1-8,15,18-19H,9-14,16H2,(H,25,28). The Bertz CT molecular complexity index is 903. The van der Waals surface area contributed by atoms with Gasteiger partial charge in [0.1, 0.15) is 5.69 Å². The first-order valence-electron chi connectivity index (χ1n) is 10.3. The Kier molecular flexibility index (Phi) is 6.29. The van der Waals surface area contributed by atoms with Crippen molar-refractivity contribution in [3.63, 3.8) is 0 Å². The summed E-state index contributed by atoms with van der Waals surface area (Å²) in [5.74, 6) is 2.13. The van der Waals surface area contributed by atoms with E-state index >= 15 is 0 Å². The maximum Gasteiger partial charge on any atom is 0.266 e. The quantitative estimate of drug-likeness (QED) is 0.655. The van der Waals surface area contributed by atoms with Gasteiger partial charge < -0.3 is 9.73 Å². The predicted molar refractivity (Wildman–Crippen MR) is 110 cm³/mol. The van der Waals surface area contributed by atoms with Crippen LogP contribution in [0.1, 0.15) is 49.5 Å². The molecule has 0 spiro atoms. The Morgan fingerprint density at radius 3 is 2.55 bits per heavy atom. The monoisotopic (exact) mass is 390 g/mol. The topological polar surface area (TPSA) is 80.9 Å². The van der Waals surface area contributed by atoms with Gasteiger partial charge in [-0.15, -0.1) is 10.2 Å². The molecule has 6 heteroatoms. The van der Waals surface area contributed by atoms with Crippen LogP contribution in [-0.4, -0.2) is 27.6 Å². The Balaban J connectivity index is 1.20. The highest BCUT2D eigenvalue weighted by Crippen LogP contribution is 2.35. The predicted octanol–water partition coefficient (Wildman–Crippen LogP) is 4.15. The molecule has 29 heavy (non-hydrogen) atoms. The fraction of sp³-hybridized carbons (Fsp3) is 0.391. The summed E-state index contributed by atoms with van der Waals surface area (Å²) in [7, 11) is 0. The third kappa shape index (κ3) is 5.28. The van der Waals surface area contributed by atoms with Crippen molar-refractivity contribution in [3.05, 3.63) is 66.2 Å². The van der Waals surface area contributed by atoms with E-state index in [1.54, 1.807) is 6.20 Å². The highest BCUT2D eigenvalue weighted by atomic mass is 16.4. The fourth-order valence-electron chi connectivity index (χ4n) is 3.85. The molecule has 2 aromatic heterocycles. The van der Waals surface area contributed by atoms with Gasteiger partial charge in [0.15, 0.2) is 0 Å². The molecule has 150 valence electrons. The summed E-state index contributed by atoms with van der Waals surface area (Å²) in [4.78, 5) is 16.4. The summed E-state index contributed by atoms with van der Waals surface area (Å²) >= 11 is 0. The number of nitrogens with zero attached hydrogens (tertiary/aromatic N) is 3. The number of carbonyl (C=O) groups excluding carboxylic acids is 1. The van der Waals surface area contributed by atoms with E-state index in [-0.39, 0.29) is 5.91 Å². The van der Waals surface area contributed by atoms with Crippen LogP contribution in [-0.2, 0) is 11.2 Å². The summed E-state index contributed by atoms with van der Waals surface area (Å²) in [6, 6.07) is 15.8. The molecular weight excluding hydrogens is 364 g/mol. The molecule has 3 aromatic rings. The number of hydrogen-bond donors (Lipinski definition) is 1. The molecule has 1 aliphatic carbocycles. The Labute approximate surface area is 170 Å². The van der Waals surface area contributed by atoms with Crippen LogP contribution < -0.4 is 5.32 Å². The number of benzene rings is 1. The summed E-state index contributed by atoms with van der Waals surface area (Å²) in [5.41, 5.74) is 1.91. The fourth-order valence-corrected chi connectivity index (χ4v) is 3.85. The van der Waals surface area contributed by atoms with Gasteiger partial charge in [0.2, 0.25) is 11.8 Å². The molecule has 0 unspecified atom stereocenters. The number of nitrogens with one attached hydrogen (secondary N) is 1. The molecule has 0 saturated heterocycles. The van der Waals surface area contributed by atoms with Gasteiger partial charge in [-0.2, -0.15) is 0 Å². The molecule has 0 atom stereocenters. The van der Waals surface area contributed by atoms with Gasteiger partial charge in [0.05, 0.1) is 0 Å². The van der Waals surface area contributed by atoms with Gasteiger partial charge in [-0.3, -0.25) is 9.78 Å². The number of pyridine rings is 1. The summed E-state index contributed by atoms with van der Waals surface area (Å²) in [5, 5.41) is 11.5. The highest BCUT2D eigenvalue weighted by molar-refractivity contribution is 5.76. The van der Waals surface area contributed by atoms with Crippen molar-refractivity contribution in [2.24, 2.45) is 5.92 Å². The average molecular weight is 390 g/mol. The molecule has 1 aromatic carbocycles. The van der Waals surface area contributed by atoms with Crippen molar-refractivity contribution in [3.8, 4) is 11.6 Å². The minimum absolute atomic E-state index is 0.132. The van der Waals surface area contributed by atoms with Crippen LogP contribution in [0.2, 0.25) is 0 Å². The molecule has 0 aliphatic heterocycles. The molecule has 1 aliphatic rings. The van der Waals surface area contributed by atoms with Gasteiger partial charge in [-0.25, -0.2) is 0 Å². The smallest absolute Gasteiger partial charge is 0.266 e. The second kappa shape index (κ2) is 9.45. The molecule has 4 rings (SSSR count). The van der Waals surface area contributed by atoms with E-state index in [4.69, 9.17) is 4.42 Å². The maximum atomic E-state index is 12.1.